The van der Waals surface area contributed by atoms with Gasteiger partial charge >= 0.3 is 11.9 Å². The molecule has 3 rings (SSSR count). The predicted molar refractivity (Wildman–Crippen MR) is 51.1 cm³/mol. The second kappa shape index (κ2) is 3.20. The van der Waals surface area contributed by atoms with Gasteiger partial charge in [0.1, 0.15) is 6.10 Å². The van der Waals surface area contributed by atoms with E-state index in [0.29, 0.717) is 13.0 Å². The van der Waals surface area contributed by atoms with Crippen molar-refractivity contribution in [2.24, 2.45) is 23.7 Å². The molecule has 5 heteroatoms. The Hall–Kier alpha value is -1.10. The zero-order chi connectivity index (χ0) is 11.4. The van der Waals surface area contributed by atoms with E-state index in [1.807, 2.05) is 0 Å². The fourth-order valence-corrected chi connectivity index (χ4v) is 3.58. The summed E-state index contributed by atoms with van der Waals surface area (Å²) in [6.45, 7) is 2.03. The van der Waals surface area contributed by atoms with E-state index in [0.717, 1.165) is 0 Å². The molecule has 1 N–H and O–H groups in total. The van der Waals surface area contributed by atoms with E-state index in [4.69, 9.17) is 9.47 Å². The third-order valence-electron chi connectivity index (χ3n) is 4.13. The van der Waals surface area contributed by atoms with E-state index in [2.05, 4.69) is 0 Å². The van der Waals surface area contributed by atoms with Gasteiger partial charge in [-0.05, 0) is 13.3 Å². The zero-order valence-corrected chi connectivity index (χ0v) is 8.96. The van der Waals surface area contributed by atoms with Crippen molar-refractivity contribution in [2.75, 3.05) is 6.61 Å². The summed E-state index contributed by atoms with van der Waals surface area (Å²) in [7, 11) is 0. The van der Waals surface area contributed by atoms with Crippen molar-refractivity contribution >= 4 is 11.9 Å². The van der Waals surface area contributed by atoms with E-state index < -0.39 is 12.0 Å². The number of carbonyl (C=O) groups excluding carboxylic acids is 2. The van der Waals surface area contributed by atoms with Gasteiger partial charge < -0.3 is 14.6 Å². The number of fused-ring (bicyclic) bond motifs is 1. The van der Waals surface area contributed by atoms with Crippen LogP contribution in [0.3, 0.4) is 0 Å². The van der Waals surface area contributed by atoms with Gasteiger partial charge in [0.05, 0.1) is 24.5 Å². The largest absolute Gasteiger partial charge is 0.466 e. The summed E-state index contributed by atoms with van der Waals surface area (Å²) in [5.74, 6) is -1.72. The molecular formula is C11H14O5. The SMILES string of the molecule is CCOC(=O)C1C2CC3C(OC(=O)C31)C2O. The van der Waals surface area contributed by atoms with Crippen LogP contribution in [-0.4, -0.2) is 35.9 Å². The third kappa shape index (κ3) is 1.04. The second-order valence-electron chi connectivity index (χ2n) is 4.76. The quantitative estimate of drug-likeness (QED) is 0.655. The van der Waals surface area contributed by atoms with Gasteiger partial charge in [0.15, 0.2) is 0 Å². The average Bonchev–Trinajstić information content (AvgIpc) is 2.82. The van der Waals surface area contributed by atoms with Crippen LogP contribution in [0.25, 0.3) is 0 Å². The third-order valence-corrected chi connectivity index (χ3v) is 4.13. The fraction of sp³-hybridized carbons (Fsp3) is 0.818. The number of hydrogen-bond donors (Lipinski definition) is 1. The van der Waals surface area contributed by atoms with Crippen LogP contribution in [0.15, 0.2) is 0 Å². The number of carbonyl (C=O) groups is 2. The van der Waals surface area contributed by atoms with Crippen molar-refractivity contribution in [1.82, 2.24) is 0 Å². The molecule has 1 saturated heterocycles. The Bertz CT molecular complexity index is 352. The normalized spacial score (nSPS) is 48.2. The van der Waals surface area contributed by atoms with Crippen molar-refractivity contribution in [3.8, 4) is 0 Å². The number of aliphatic hydroxyl groups excluding tert-OH is 1. The molecule has 2 saturated carbocycles. The van der Waals surface area contributed by atoms with Crippen molar-refractivity contribution < 1.29 is 24.2 Å². The van der Waals surface area contributed by atoms with Crippen LogP contribution in [0.1, 0.15) is 13.3 Å². The maximum absolute atomic E-state index is 11.8. The number of ether oxygens (including phenoxy) is 2. The summed E-state index contributed by atoms with van der Waals surface area (Å²) in [6.07, 6.45) is -0.374. The molecule has 1 heterocycles. The minimum Gasteiger partial charge on any atom is -0.466 e. The number of aliphatic hydroxyl groups is 1. The van der Waals surface area contributed by atoms with Crippen LogP contribution in [0.2, 0.25) is 0 Å². The molecule has 1 aliphatic heterocycles. The smallest absolute Gasteiger partial charge is 0.310 e. The molecule has 16 heavy (non-hydrogen) atoms. The first-order chi connectivity index (χ1) is 7.65. The summed E-state index contributed by atoms with van der Waals surface area (Å²) in [5.41, 5.74) is 0. The molecule has 2 bridgehead atoms. The van der Waals surface area contributed by atoms with Gasteiger partial charge in [0.2, 0.25) is 0 Å². The first kappa shape index (κ1) is 10.1. The van der Waals surface area contributed by atoms with Crippen LogP contribution in [0, 0.1) is 23.7 Å². The highest BCUT2D eigenvalue weighted by Crippen LogP contribution is 2.57. The Morgan fingerprint density at radius 3 is 3.00 bits per heavy atom. The van der Waals surface area contributed by atoms with Crippen LogP contribution in [0.4, 0.5) is 0 Å². The van der Waals surface area contributed by atoms with Gasteiger partial charge in [-0.15, -0.1) is 0 Å². The van der Waals surface area contributed by atoms with Crippen LogP contribution >= 0.6 is 0 Å². The molecule has 3 fully saturated rings. The molecule has 0 radical (unpaired) electrons. The maximum Gasteiger partial charge on any atom is 0.310 e. The predicted octanol–water partition coefficient (Wildman–Crippen LogP) is -0.282. The Balaban J connectivity index is 1.90. The Morgan fingerprint density at radius 2 is 2.31 bits per heavy atom. The molecule has 0 aromatic carbocycles. The first-order valence-corrected chi connectivity index (χ1v) is 5.70. The summed E-state index contributed by atoms with van der Waals surface area (Å²) < 4.78 is 10.1. The molecule has 0 amide bonds. The van der Waals surface area contributed by atoms with E-state index in [1.165, 1.54) is 0 Å². The fourth-order valence-electron chi connectivity index (χ4n) is 3.58. The van der Waals surface area contributed by atoms with Crippen molar-refractivity contribution in [1.29, 1.82) is 0 Å². The highest BCUT2D eigenvalue weighted by atomic mass is 16.6. The maximum atomic E-state index is 11.8. The minimum absolute atomic E-state index is 0.0157. The molecule has 0 aromatic heterocycles. The van der Waals surface area contributed by atoms with Crippen LogP contribution in [0.5, 0.6) is 0 Å². The lowest BCUT2D eigenvalue weighted by Gasteiger charge is -2.26. The van der Waals surface area contributed by atoms with Gasteiger partial charge in [0.25, 0.3) is 0 Å². The minimum atomic E-state index is -0.692. The zero-order valence-electron chi connectivity index (χ0n) is 8.96. The first-order valence-electron chi connectivity index (χ1n) is 5.70. The molecule has 6 unspecified atom stereocenters. The summed E-state index contributed by atoms with van der Waals surface area (Å²) >= 11 is 0. The van der Waals surface area contributed by atoms with Gasteiger partial charge in [0, 0.05) is 11.8 Å². The number of rotatable bonds is 2. The van der Waals surface area contributed by atoms with E-state index in [9.17, 15) is 14.7 Å². The average molecular weight is 226 g/mol. The van der Waals surface area contributed by atoms with Gasteiger partial charge in [-0.3, -0.25) is 9.59 Å². The summed E-state index contributed by atoms with van der Waals surface area (Å²) in [5, 5.41) is 9.93. The topological polar surface area (TPSA) is 72.8 Å². The van der Waals surface area contributed by atoms with E-state index >= 15 is 0 Å². The summed E-state index contributed by atoms with van der Waals surface area (Å²) in [4.78, 5) is 23.4. The van der Waals surface area contributed by atoms with Crippen molar-refractivity contribution in [3.05, 3.63) is 0 Å². The Kier molecular flexibility index (Phi) is 2.01. The Morgan fingerprint density at radius 1 is 1.56 bits per heavy atom. The molecule has 6 atom stereocenters. The monoisotopic (exact) mass is 226 g/mol. The standard InChI is InChI=1S/C11H14O5/c1-2-15-10(13)6-4-3-5-7(6)11(14)16-9(5)8(4)12/h4-9,12H,2-3H2,1H3. The molecule has 0 aromatic rings. The highest BCUT2D eigenvalue weighted by Gasteiger charge is 2.68. The molecule has 88 valence electrons. The number of hydrogen-bond acceptors (Lipinski definition) is 5. The lowest BCUT2D eigenvalue weighted by Crippen LogP contribution is -2.41. The second-order valence-corrected chi connectivity index (χ2v) is 4.76. The van der Waals surface area contributed by atoms with E-state index in [-0.39, 0.29) is 35.8 Å². The van der Waals surface area contributed by atoms with Crippen LogP contribution in [-0.2, 0) is 19.1 Å². The van der Waals surface area contributed by atoms with Gasteiger partial charge in [-0.25, -0.2) is 0 Å². The van der Waals surface area contributed by atoms with Gasteiger partial charge in [-0.1, -0.05) is 0 Å². The van der Waals surface area contributed by atoms with Crippen molar-refractivity contribution in [3.63, 3.8) is 0 Å². The summed E-state index contributed by atoms with van der Waals surface area (Å²) in [6, 6.07) is 0. The highest BCUT2D eigenvalue weighted by molar-refractivity contribution is 5.86. The lowest BCUT2D eigenvalue weighted by atomic mass is 9.78. The lowest BCUT2D eigenvalue weighted by molar-refractivity contribution is -0.155. The van der Waals surface area contributed by atoms with Crippen LogP contribution < -0.4 is 0 Å². The molecule has 2 aliphatic carbocycles. The Labute approximate surface area is 92.7 Å². The molecule has 3 aliphatic rings. The number of esters is 2. The molecule has 0 spiro atoms. The molecular weight excluding hydrogens is 212 g/mol. The molecule has 5 nitrogen and oxygen atoms in total. The van der Waals surface area contributed by atoms with E-state index in [1.54, 1.807) is 6.92 Å². The van der Waals surface area contributed by atoms with Crippen molar-refractivity contribution in [2.45, 2.75) is 25.6 Å². The van der Waals surface area contributed by atoms with Gasteiger partial charge in [-0.2, -0.15) is 0 Å².